The second-order valence-corrected chi connectivity index (χ2v) is 5.10. The summed E-state index contributed by atoms with van der Waals surface area (Å²) in [4.78, 5) is 17.2. The Balaban J connectivity index is 2.06. The molecule has 0 spiro atoms. The second-order valence-electron chi connectivity index (χ2n) is 4.15. The van der Waals surface area contributed by atoms with Crippen LogP contribution in [0.1, 0.15) is 17.6 Å². The van der Waals surface area contributed by atoms with E-state index in [1.165, 1.54) is 11.3 Å². The van der Waals surface area contributed by atoms with Crippen molar-refractivity contribution < 1.29 is 9.90 Å². The predicted octanol–water partition coefficient (Wildman–Crippen LogP) is 2.80. The van der Waals surface area contributed by atoms with E-state index >= 15 is 0 Å². The van der Waals surface area contributed by atoms with Gasteiger partial charge in [0.25, 0.3) is 0 Å². The molecule has 2 rings (SSSR count). The minimum Gasteiger partial charge on any atom is -0.481 e. The molecule has 4 nitrogen and oxygen atoms in total. The zero-order valence-electron chi connectivity index (χ0n) is 10.7. The van der Waals surface area contributed by atoms with Crippen LogP contribution in [0.15, 0.2) is 35.7 Å². The van der Waals surface area contributed by atoms with Crippen LogP contribution in [0, 0.1) is 0 Å². The molecular weight excluding hydrogens is 260 g/mol. The highest BCUT2D eigenvalue weighted by molar-refractivity contribution is 7.09. The fourth-order valence-electron chi connectivity index (χ4n) is 1.85. The van der Waals surface area contributed by atoms with Crippen LogP contribution in [0.2, 0.25) is 0 Å². The van der Waals surface area contributed by atoms with E-state index in [1.807, 2.05) is 23.6 Å². The maximum atomic E-state index is 10.6. The van der Waals surface area contributed by atoms with Crippen LogP contribution in [0.4, 0.5) is 5.69 Å². The molecule has 2 aromatic rings. The standard InChI is InChI=1S/C14H16N2O2S/c1-2-16(12-6-4-3-5-7-12)9-13-15-11(10-19-13)8-14(17)18/h3-7,10H,2,8-9H2,1H3,(H,17,18). The SMILES string of the molecule is CCN(Cc1nc(CC(=O)O)cs1)c1ccccc1. The summed E-state index contributed by atoms with van der Waals surface area (Å²) in [6, 6.07) is 10.1. The third-order valence-electron chi connectivity index (χ3n) is 2.76. The average molecular weight is 276 g/mol. The fourth-order valence-corrected chi connectivity index (χ4v) is 2.65. The van der Waals surface area contributed by atoms with Crippen molar-refractivity contribution in [2.75, 3.05) is 11.4 Å². The number of nitrogens with zero attached hydrogens (tertiary/aromatic N) is 2. The minimum atomic E-state index is -0.841. The summed E-state index contributed by atoms with van der Waals surface area (Å²) >= 11 is 1.51. The summed E-state index contributed by atoms with van der Waals surface area (Å²) in [6.07, 6.45) is -0.00599. The zero-order valence-corrected chi connectivity index (χ0v) is 11.6. The van der Waals surface area contributed by atoms with E-state index in [2.05, 4.69) is 28.9 Å². The highest BCUT2D eigenvalue weighted by Gasteiger charge is 2.10. The van der Waals surface area contributed by atoms with Gasteiger partial charge < -0.3 is 10.0 Å². The summed E-state index contributed by atoms with van der Waals surface area (Å²) in [5, 5.41) is 11.5. The molecule has 100 valence electrons. The van der Waals surface area contributed by atoms with E-state index in [0.29, 0.717) is 12.2 Å². The molecule has 1 aromatic heterocycles. The Morgan fingerprint density at radius 3 is 2.74 bits per heavy atom. The quantitative estimate of drug-likeness (QED) is 0.881. The van der Waals surface area contributed by atoms with Gasteiger partial charge in [0.2, 0.25) is 0 Å². The lowest BCUT2D eigenvalue weighted by Gasteiger charge is -2.21. The zero-order chi connectivity index (χ0) is 13.7. The van der Waals surface area contributed by atoms with Gasteiger partial charge >= 0.3 is 5.97 Å². The molecular formula is C14H16N2O2S. The molecule has 0 amide bonds. The van der Waals surface area contributed by atoms with Crippen molar-refractivity contribution >= 4 is 23.0 Å². The highest BCUT2D eigenvalue weighted by atomic mass is 32.1. The Labute approximate surface area is 116 Å². The van der Waals surface area contributed by atoms with Crippen LogP contribution >= 0.6 is 11.3 Å². The number of carboxylic acids is 1. The van der Waals surface area contributed by atoms with Crippen molar-refractivity contribution in [3.05, 3.63) is 46.4 Å². The van der Waals surface area contributed by atoms with Crippen molar-refractivity contribution in [3.63, 3.8) is 0 Å². The lowest BCUT2D eigenvalue weighted by atomic mass is 10.3. The van der Waals surface area contributed by atoms with Gasteiger partial charge in [0.1, 0.15) is 5.01 Å². The van der Waals surface area contributed by atoms with E-state index in [4.69, 9.17) is 5.11 Å². The van der Waals surface area contributed by atoms with E-state index in [9.17, 15) is 4.79 Å². The van der Waals surface area contributed by atoms with Crippen molar-refractivity contribution in [3.8, 4) is 0 Å². The number of carbonyl (C=O) groups is 1. The Morgan fingerprint density at radius 2 is 2.11 bits per heavy atom. The largest absolute Gasteiger partial charge is 0.481 e. The lowest BCUT2D eigenvalue weighted by molar-refractivity contribution is -0.136. The van der Waals surface area contributed by atoms with Crippen molar-refractivity contribution in [2.24, 2.45) is 0 Å². The molecule has 0 aliphatic carbocycles. The molecule has 0 aliphatic rings. The average Bonchev–Trinajstić information content (AvgIpc) is 2.83. The summed E-state index contributed by atoms with van der Waals surface area (Å²) in [7, 11) is 0. The lowest BCUT2D eigenvalue weighted by Crippen LogP contribution is -2.21. The number of carboxylic acid groups (broad SMARTS) is 1. The maximum Gasteiger partial charge on any atom is 0.309 e. The topological polar surface area (TPSA) is 53.4 Å². The van der Waals surface area contributed by atoms with Crippen LogP contribution in [-0.2, 0) is 17.8 Å². The number of para-hydroxylation sites is 1. The highest BCUT2D eigenvalue weighted by Crippen LogP contribution is 2.18. The number of aromatic nitrogens is 1. The summed E-state index contributed by atoms with van der Waals surface area (Å²) in [5.41, 5.74) is 1.79. The van der Waals surface area contributed by atoms with Gasteiger partial charge in [-0.15, -0.1) is 11.3 Å². The first-order valence-electron chi connectivity index (χ1n) is 6.14. The Kier molecular flexibility index (Phi) is 4.52. The minimum absolute atomic E-state index is 0.00599. The van der Waals surface area contributed by atoms with Gasteiger partial charge in [0, 0.05) is 17.6 Å². The number of hydrogen-bond acceptors (Lipinski definition) is 4. The van der Waals surface area contributed by atoms with Gasteiger partial charge in [-0.05, 0) is 19.1 Å². The molecule has 1 heterocycles. The molecule has 0 saturated heterocycles. The monoisotopic (exact) mass is 276 g/mol. The molecule has 0 radical (unpaired) electrons. The molecule has 0 fully saturated rings. The smallest absolute Gasteiger partial charge is 0.309 e. The molecule has 0 atom stereocenters. The first-order valence-corrected chi connectivity index (χ1v) is 7.02. The third kappa shape index (κ3) is 3.79. The first-order chi connectivity index (χ1) is 9.19. The van der Waals surface area contributed by atoms with Crippen LogP contribution in [0.25, 0.3) is 0 Å². The second kappa shape index (κ2) is 6.33. The summed E-state index contributed by atoms with van der Waals surface area (Å²) in [5.74, 6) is -0.841. The Hall–Kier alpha value is -1.88. The third-order valence-corrected chi connectivity index (χ3v) is 3.64. The van der Waals surface area contributed by atoms with Gasteiger partial charge in [-0.2, -0.15) is 0 Å². The van der Waals surface area contributed by atoms with Crippen molar-refractivity contribution in [1.29, 1.82) is 0 Å². The number of thiazole rings is 1. The molecule has 1 aromatic carbocycles. The summed E-state index contributed by atoms with van der Waals surface area (Å²) in [6.45, 7) is 3.70. The fraction of sp³-hybridized carbons (Fsp3) is 0.286. The number of rotatable bonds is 6. The van der Waals surface area contributed by atoms with E-state index in [1.54, 1.807) is 0 Å². The molecule has 0 bridgehead atoms. The molecule has 0 saturated carbocycles. The van der Waals surface area contributed by atoms with Crippen LogP contribution in [-0.4, -0.2) is 22.6 Å². The Morgan fingerprint density at radius 1 is 1.37 bits per heavy atom. The van der Waals surface area contributed by atoms with E-state index < -0.39 is 5.97 Å². The van der Waals surface area contributed by atoms with E-state index in [0.717, 1.165) is 17.2 Å². The number of benzene rings is 1. The molecule has 19 heavy (non-hydrogen) atoms. The van der Waals surface area contributed by atoms with Crippen LogP contribution < -0.4 is 4.90 Å². The van der Waals surface area contributed by atoms with Crippen molar-refractivity contribution in [1.82, 2.24) is 4.98 Å². The number of aliphatic carboxylic acids is 1. The van der Waals surface area contributed by atoms with Gasteiger partial charge in [-0.25, -0.2) is 4.98 Å². The van der Waals surface area contributed by atoms with E-state index in [-0.39, 0.29) is 6.42 Å². The normalized spacial score (nSPS) is 10.4. The molecule has 0 unspecified atom stereocenters. The summed E-state index contributed by atoms with van der Waals surface area (Å²) < 4.78 is 0. The van der Waals surface area contributed by atoms with Gasteiger partial charge in [-0.3, -0.25) is 4.79 Å². The van der Waals surface area contributed by atoms with Gasteiger partial charge in [-0.1, -0.05) is 18.2 Å². The molecule has 1 N–H and O–H groups in total. The van der Waals surface area contributed by atoms with Crippen LogP contribution in [0.3, 0.4) is 0 Å². The molecule has 0 aliphatic heterocycles. The van der Waals surface area contributed by atoms with Gasteiger partial charge in [0.15, 0.2) is 0 Å². The number of anilines is 1. The van der Waals surface area contributed by atoms with Crippen molar-refractivity contribution in [2.45, 2.75) is 19.9 Å². The Bertz CT molecular complexity index is 539. The van der Waals surface area contributed by atoms with Crippen LogP contribution in [0.5, 0.6) is 0 Å². The molecule has 5 heteroatoms. The first kappa shape index (κ1) is 13.5. The number of hydrogen-bond donors (Lipinski definition) is 1. The van der Waals surface area contributed by atoms with Gasteiger partial charge in [0.05, 0.1) is 18.7 Å². The maximum absolute atomic E-state index is 10.6. The predicted molar refractivity (Wildman–Crippen MR) is 76.6 cm³/mol.